The monoisotopic (exact) mass is 238 g/mol. The van der Waals surface area contributed by atoms with Crippen molar-refractivity contribution in [3.8, 4) is 5.75 Å². The standard InChI is InChI=1S/C11H14N2O2S/c1-11(5-3-7-16-11)10(15)13-9-8(14)4-2-6-12-9/h2,4,6,14H,3,5,7H2,1H3,(H,12,13,15)/t11-/m1/s1. The lowest BCUT2D eigenvalue weighted by molar-refractivity contribution is -0.118. The predicted octanol–water partition coefficient (Wildman–Crippen LogP) is 2.01. The van der Waals surface area contributed by atoms with Gasteiger partial charge in [-0.05, 0) is 37.7 Å². The Kier molecular flexibility index (Phi) is 3.05. The molecule has 1 aromatic heterocycles. The molecule has 1 fully saturated rings. The summed E-state index contributed by atoms with van der Waals surface area (Å²) in [5.74, 6) is 1.17. The minimum absolute atomic E-state index is 0.00227. The molecule has 1 aliphatic heterocycles. The topological polar surface area (TPSA) is 62.2 Å². The fourth-order valence-electron chi connectivity index (χ4n) is 1.69. The van der Waals surface area contributed by atoms with Crippen LogP contribution in [0.25, 0.3) is 0 Å². The van der Waals surface area contributed by atoms with Crippen LogP contribution in [0.15, 0.2) is 18.3 Å². The van der Waals surface area contributed by atoms with Crippen LogP contribution in [0.2, 0.25) is 0 Å². The third-order valence-corrected chi connectivity index (χ3v) is 4.24. The summed E-state index contributed by atoms with van der Waals surface area (Å²) in [5.41, 5.74) is 0. The molecular formula is C11H14N2O2S. The summed E-state index contributed by atoms with van der Waals surface area (Å²) >= 11 is 1.66. The van der Waals surface area contributed by atoms with E-state index in [4.69, 9.17) is 0 Å². The third kappa shape index (κ3) is 2.14. The third-order valence-electron chi connectivity index (χ3n) is 2.72. The SMILES string of the molecule is C[C@]1(C(=O)Nc2ncccc2O)CCCS1. The van der Waals surface area contributed by atoms with E-state index in [9.17, 15) is 9.90 Å². The number of nitrogens with zero attached hydrogens (tertiary/aromatic N) is 1. The van der Waals surface area contributed by atoms with Gasteiger partial charge in [0.25, 0.3) is 0 Å². The van der Waals surface area contributed by atoms with E-state index in [2.05, 4.69) is 10.3 Å². The number of aromatic hydroxyl groups is 1. The molecule has 86 valence electrons. The van der Waals surface area contributed by atoms with Crippen LogP contribution in [-0.2, 0) is 4.79 Å². The summed E-state index contributed by atoms with van der Waals surface area (Å²) in [6.45, 7) is 1.93. The second-order valence-corrected chi connectivity index (χ2v) is 5.61. The highest BCUT2D eigenvalue weighted by molar-refractivity contribution is 8.01. The first-order valence-corrected chi connectivity index (χ1v) is 6.20. The van der Waals surface area contributed by atoms with Crippen molar-refractivity contribution in [2.45, 2.75) is 24.5 Å². The molecule has 0 saturated carbocycles. The Hall–Kier alpha value is -1.23. The van der Waals surface area contributed by atoms with Gasteiger partial charge in [-0.25, -0.2) is 4.98 Å². The summed E-state index contributed by atoms with van der Waals surface area (Å²) in [4.78, 5) is 15.9. The number of hydrogen-bond acceptors (Lipinski definition) is 4. The van der Waals surface area contributed by atoms with E-state index < -0.39 is 0 Å². The Morgan fingerprint density at radius 2 is 2.50 bits per heavy atom. The summed E-state index contributed by atoms with van der Waals surface area (Å²) < 4.78 is -0.385. The van der Waals surface area contributed by atoms with Crippen molar-refractivity contribution in [3.63, 3.8) is 0 Å². The average Bonchev–Trinajstić information content (AvgIpc) is 2.70. The molecule has 1 amide bonds. The highest BCUT2D eigenvalue weighted by Crippen LogP contribution is 2.38. The summed E-state index contributed by atoms with van der Waals surface area (Å²) in [5, 5.41) is 12.2. The van der Waals surface area contributed by atoms with Crippen LogP contribution in [0.5, 0.6) is 5.75 Å². The largest absolute Gasteiger partial charge is 0.504 e. The minimum atomic E-state index is -0.385. The highest BCUT2D eigenvalue weighted by Gasteiger charge is 2.37. The second-order valence-electron chi connectivity index (χ2n) is 4.01. The Balaban J connectivity index is 2.10. The van der Waals surface area contributed by atoms with Crippen molar-refractivity contribution in [1.29, 1.82) is 0 Å². The molecule has 1 aliphatic rings. The average molecular weight is 238 g/mol. The maximum atomic E-state index is 12.0. The van der Waals surface area contributed by atoms with E-state index in [1.165, 1.54) is 6.07 Å². The number of pyridine rings is 1. The fraction of sp³-hybridized carbons (Fsp3) is 0.455. The zero-order valence-corrected chi connectivity index (χ0v) is 9.88. The molecule has 1 saturated heterocycles. The molecular weight excluding hydrogens is 224 g/mol. The number of aromatic nitrogens is 1. The summed E-state index contributed by atoms with van der Waals surface area (Å²) in [7, 11) is 0. The maximum absolute atomic E-state index is 12.0. The number of rotatable bonds is 2. The Labute approximate surface area is 98.5 Å². The molecule has 0 radical (unpaired) electrons. The van der Waals surface area contributed by atoms with Crippen molar-refractivity contribution in [1.82, 2.24) is 4.98 Å². The van der Waals surface area contributed by atoms with Gasteiger partial charge in [0, 0.05) is 6.20 Å². The van der Waals surface area contributed by atoms with E-state index in [1.807, 2.05) is 6.92 Å². The van der Waals surface area contributed by atoms with Gasteiger partial charge < -0.3 is 10.4 Å². The molecule has 2 heterocycles. The maximum Gasteiger partial charge on any atom is 0.241 e. The van der Waals surface area contributed by atoms with Crippen molar-refractivity contribution < 1.29 is 9.90 Å². The van der Waals surface area contributed by atoms with Crippen LogP contribution in [0.1, 0.15) is 19.8 Å². The molecule has 4 nitrogen and oxygen atoms in total. The van der Waals surface area contributed by atoms with Crippen LogP contribution in [0, 0.1) is 0 Å². The Bertz CT molecular complexity index is 403. The predicted molar refractivity (Wildman–Crippen MR) is 64.6 cm³/mol. The van der Waals surface area contributed by atoms with E-state index in [-0.39, 0.29) is 22.2 Å². The number of nitrogens with one attached hydrogen (secondary N) is 1. The smallest absolute Gasteiger partial charge is 0.241 e. The van der Waals surface area contributed by atoms with Gasteiger partial charge in [-0.1, -0.05) is 0 Å². The number of hydrogen-bond donors (Lipinski definition) is 2. The first kappa shape index (κ1) is 11.3. The second kappa shape index (κ2) is 4.33. The number of amides is 1. The van der Waals surface area contributed by atoms with Crippen LogP contribution >= 0.6 is 11.8 Å². The van der Waals surface area contributed by atoms with Crippen LogP contribution in [0.4, 0.5) is 5.82 Å². The normalized spacial score (nSPS) is 24.3. The van der Waals surface area contributed by atoms with Crippen LogP contribution < -0.4 is 5.32 Å². The molecule has 0 bridgehead atoms. The van der Waals surface area contributed by atoms with Gasteiger partial charge in [0.2, 0.25) is 5.91 Å². The van der Waals surface area contributed by atoms with Gasteiger partial charge in [-0.15, -0.1) is 11.8 Å². The molecule has 1 atom stereocenters. The van der Waals surface area contributed by atoms with Gasteiger partial charge >= 0.3 is 0 Å². The van der Waals surface area contributed by atoms with Gasteiger partial charge in [0.1, 0.15) is 0 Å². The van der Waals surface area contributed by atoms with E-state index >= 15 is 0 Å². The van der Waals surface area contributed by atoms with Crippen LogP contribution in [0.3, 0.4) is 0 Å². The number of anilines is 1. The van der Waals surface area contributed by atoms with E-state index in [1.54, 1.807) is 24.0 Å². The summed E-state index contributed by atoms with van der Waals surface area (Å²) in [6, 6.07) is 3.13. The lowest BCUT2D eigenvalue weighted by Crippen LogP contribution is -2.34. The fourth-order valence-corrected chi connectivity index (χ4v) is 2.90. The lowest BCUT2D eigenvalue weighted by atomic mass is 10.1. The number of carbonyl (C=O) groups excluding carboxylic acids is 1. The molecule has 5 heteroatoms. The first-order valence-electron chi connectivity index (χ1n) is 5.21. The molecule has 0 spiro atoms. The van der Waals surface area contributed by atoms with Gasteiger partial charge in [-0.2, -0.15) is 0 Å². The number of thioether (sulfide) groups is 1. The van der Waals surface area contributed by atoms with Gasteiger partial charge in [-0.3, -0.25) is 4.79 Å². The molecule has 2 rings (SSSR count). The Morgan fingerprint density at radius 3 is 3.12 bits per heavy atom. The van der Waals surface area contributed by atoms with Crippen LogP contribution in [-0.4, -0.2) is 26.5 Å². The molecule has 1 aromatic rings. The highest BCUT2D eigenvalue weighted by atomic mass is 32.2. The zero-order valence-electron chi connectivity index (χ0n) is 9.06. The molecule has 16 heavy (non-hydrogen) atoms. The molecule has 2 N–H and O–H groups in total. The van der Waals surface area contributed by atoms with Gasteiger partial charge in [0.15, 0.2) is 11.6 Å². The number of carbonyl (C=O) groups is 1. The van der Waals surface area contributed by atoms with E-state index in [0.29, 0.717) is 0 Å². The summed E-state index contributed by atoms with van der Waals surface area (Å²) in [6.07, 6.45) is 3.47. The van der Waals surface area contributed by atoms with Crippen molar-refractivity contribution in [3.05, 3.63) is 18.3 Å². The molecule has 0 unspecified atom stereocenters. The van der Waals surface area contributed by atoms with Crippen molar-refractivity contribution >= 4 is 23.5 Å². The Morgan fingerprint density at radius 1 is 1.69 bits per heavy atom. The van der Waals surface area contributed by atoms with Crippen molar-refractivity contribution in [2.75, 3.05) is 11.1 Å². The molecule has 0 aliphatic carbocycles. The minimum Gasteiger partial charge on any atom is -0.504 e. The zero-order chi connectivity index (χ0) is 11.6. The van der Waals surface area contributed by atoms with Gasteiger partial charge in [0.05, 0.1) is 4.75 Å². The quantitative estimate of drug-likeness (QED) is 0.827. The molecule has 0 aromatic carbocycles. The van der Waals surface area contributed by atoms with Crippen molar-refractivity contribution in [2.24, 2.45) is 0 Å². The van der Waals surface area contributed by atoms with E-state index in [0.717, 1.165) is 18.6 Å². The lowest BCUT2D eigenvalue weighted by Gasteiger charge is -2.21. The first-order chi connectivity index (χ1) is 7.62.